The number of hydrogen-bond acceptors (Lipinski definition) is 3. The fourth-order valence-corrected chi connectivity index (χ4v) is 2.75. The molecule has 0 N–H and O–H groups in total. The quantitative estimate of drug-likeness (QED) is 0.784. The Balaban J connectivity index is 1.83. The lowest BCUT2D eigenvalue weighted by Crippen LogP contribution is -2.34. The van der Waals surface area contributed by atoms with Gasteiger partial charge in [0.25, 0.3) is 0 Å². The Morgan fingerprint density at radius 3 is 2.41 bits per heavy atom. The maximum Gasteiger partial charge on any atom is 0.223 e. The van der Waals surface area contributed by atoms with Crippen LogP contribution in [0.3, 0.4) is 0 Å². The number of amides is 1. The average Bonchev–Trinajstić information content (AvgIpc) is 2.77. The van der Waals surface area contributed by atoms with Crippen molar-refractivity contribution in [2.45, 2.75) is 32.6 Å². The summed E-state index contributed by atoms with van der Waals surface area (Å²) in [5.41, 5.74) is 1.93. The summed E-state index contributed by atoms with van der Waals surface area (Å²) in [6.07, 6.45) is 2.60. The van der Waals surface area contributed by atoms with E-state index >= 15 is 0 Å². The van der Waals surface area contributed by atoms with Crippen LogP contribution in [-0.2, 0) is 11.2 Å². The van der Waals surface area contributed by atoms with Gasteiger partial charge in [0.05, 0.1) is 0 Å². The summed E-state index contributed by atoms with van der Waals surface area (Å²) < 4.78 is 0. The smallest absolute Gasteiger partial charge is 0.223 e. The second-order valence-electron chi connectivity index (χ2n) is 6.01. The highest BCUT2D eigenvalue weighted by atomic mass is 16.2. The Labute approximate surface area is 133 Å². The van der Waals surface area contributed by atoms with Crippen molar-refractivity contribution in [1.29, 1.82) is 0 Å². The van der Waals surface area contributed by atoms with Gasteiger partial charge in [-0.1, -0.05) is 31.2 Å². The first-order valence-corrected chi connectivity index (χ1v) is 8.18. The number of nitrogens with zero attached hydrogens (tertiary/aromatic N) is 2. The minimum absolute atomic E-state index is 0.0583. The van der Waals surface area contributed by atoms with Crippen molar-refractivity contribution < 1.29 is 9.59 Å². The van der Waals surface area contributed by atoms with Gasteiger partial charge in [0, 0.05) is 38.0 Å². The molecule has 2 rings (SSSR count). The molecule has 1 heterocycles. The van der Waals surface area contributed by atoms with Crippen molar-refractivity contribution in [2.24, 2.45) is 0 Å². The van der Waals surface area contributed by atoms with E-state index in [1.54, 1.807) is 0 Å². The van der Waals surface area contributed by atoms with Crippen LogP contribution in [0.4, 0.5) is 0 Å². The molecule has 1 fully saturated rings. The molecule has 0 unspecified atom stereocenters. The first-order chi connectivity index (χ1) is 10.6. The molecule has 4 nitrogen and oxygen atoms in total. The number of carbonyl (C=O) groups excluding carboxylic acids is 2. The van der Waals surface area contributed by atoms with Gasteiger partial charge in [-0.25, -0.2) is 0 Å². The predicted molar refractivity (Wildman–Crippen MR) is 88.1 cm³/mol. The molecular weight excluding hydrogens is 276 g/mol. The normalized spacial score (nSPS) is 16.4. The Bertz CT molecular complexity index is 510. The van der Waals surface area contributed by atoms with Gasteiger partial charge in [-0.05, 0) is 32.0 Å². The Hall–Kier alpha value is -1.68. The van der Waals surface area contributed by atoms with Crippen molar-refractivity contribution in [3.8, 4) is 0 Å². The summed E-state index contributed by atoms with van der Waals surface area (Å²) in [6.45, 7) is 5.62. The minimum atomic E-state index is 0.0583. The van der Waals surface area contributed by atoms with Crippen LogP contribution in [0.15, 0.2) is 24.3 Å². The molecule has 0 aliphatic carbocycles. The molecule has 1 aliphatic heterocycles. The van der Waals surface area contributed by atoms with E-state index in [1.807, 2.05) is 29.2 Å². The minimum Gasteiger partial charge on any atom is -0.341 e. The van der Waals surface area contributed by atoms with E-state index in [0.717, 1.165) is 39.0 Å². The zero-order valence-corrected chi connectivity index (χ0v) is 13.7. The number of benzene rings is 1. The zero-order chi connectivity index (χ0) is 15.9. The van der Waals surface area contributed by atoms with Crippen molar-refractivity contribution in [3.05, 3.63) is 35.4 Å². The number of aryl methyl sites for hydroxylation is 1. The van der Waals surface area contributed by atoms with E-state index in [2.05, 4.69) is 18.9 Å². The van der Waals surface area contributed by atoms with Gasteiger partial charge >= 0.3 is 0 Å². The average molecular weight is 302 g/mol. The van der Waals surface area contributed by atoms with Crippen molar-refractivity contribution >= 4 is 11.7 Å². The van der Waals surface area contributed by atoms with E-state index in [1.165, 1.54) is 5.56 Å². The summed E-state index contributed by atoms with van der Waals surface area (Å²) in [6, 6.07) is 7.71. The molecule has 0 bridgehead atoms. The van der Waals surface area contributed by atoms with E-state index in [-0.39, 0.29) is 11.7 Å². The van der Waals surface area contributed by atoms with Crippen molar-refractivity contribution in [2.75, 3.05) is 33.2 Å². The van der Waals surface area contributed by atoms with Crippen LogP contribution in [0, 0.1) is 0 Å². The molecule has 1 saturated heterocycles. The predicted octanol–water partition coefficient (Wildman–Crippen LogP) is 2.38. The second kappa shape index (κ2) is 8.08. The SMILES string of the molecule is CCc1ccc(C(=O)CCC(=O)N2CCCN(C)CC2)cc1. The summed E-state index contributed by atoms with van der Waals surface area (Å²) >= 11 is 0. The Morgan fingerprint density at radius 1 is 1.00 bits per heavy atom. The molecule has 4 heteroatoms. The molecule has 1 aromatic carbocycles. The molecule has 1 aliphatic rings. The van der Waals surface area contributed by atoms with Gasteiger partial charge < -0.3 is 9.80 Å². The summed E-state index contributed by atoms with van der Waals surface area (Å²) in [4.78, 5) is 28.6. The number of carbonyl (C=O) groups is 2. The van der Waals surface area contributed by atoms with Crippen LogP contribution < -0.4 is 0 Å². The van der Waals surface area contributed by atoms with Gasteiger partial charge in [0.1, 0.15) is 0 Å². The van der Waals surface area contributed by atoms with Crippen molar-refractivity contribution in [3.63, 3.8) is 0 Å². The standard InChI is InChI=1S/C18H26N2O2/c1-3-15-5-7-16(8-6-15)17(21)9-10-18(22)20-12-4-11-19(2)13-14-20/h5-8H,3-4,9-14H2,1-2H3. The molecule has 1 aromatic rings. The van der Waals surface area contributed by atoms with Gasteiger partial charge in [0.2, 0.25) is 5.91 Å². The molecule has 1 amide bonds. The van der Waals surface area contributed by atoms with Crippen LogP contribution in [0.5, 0.6) is 0 Å². The third-order valence-corrected chi connectivity index (χ3v) is 4.32. The van der Waals surface area contributed by atoms with Gasteiger partial charge in [-0.3, -0.25) is 9.59 Å². The molecular formula is C18H26N2O2. The summed E-state index contributed by atoms with van der Waals surface area (Å²) in [7, 11) is 2.08. The van der Waals surface area contributed by atoms with E-state index in [0.29, 0.717) is 18.4 Å². The number of hydrogen-bond donors (Lipinski definition) is 0. The van der Waals surface area contributed by atoms with Gasteiger partial charge in [0.15, 0.2) is 5.78 Å². The number of rotatable bonds is 5. The van der Waals surface area contributed by atoms with Crippen molar-refractivity contribution in [1.82, 2.24) is 9.80 Å². The maximum atomic E-state index is 12.2. The highest BCUT2D eigenvalue weighted by Crippen LogP contribution is 2.11. The van der Waals surface area contributed by atoms with Gasteiger partial charge in [-0.15, -0.1) is 0 Å². The second-order valence-corrected chi connectivity index (χ2v) is 6.01. The molecule has 0 saturated carbocycles. The molecule has 0 spiro atoms. The fraction of sp³-hybridized carbons (Fsp3) is 0.556. The summed E-state index contributed by atoms with van der Waals surface area (Å²) in [5.74, 6) is 0.164. The van der Waals surface area contributed by atoms with Crippen LogP contribution in [0.25, 0.3) is 0 Å². The van der Waals surface area contributed by atoms with E-state index in [4.69, 9.17) is 0 Å². The Kier molecular flexibility index (Phi) is 6.13. The summed E-state index contributed by atoms with van der Waals surface area (Å²) in [5, 5.41) is 0. The lowest BCUT2D eigenvalue weighted by atomic mass is 10.0. The van der Waals surface area contributed by atoms with Crippen LogP contribution in [0.2, 0.25) is 0 Å². The molecule has 0 atom stereocenters. The molecule has 120 valence electrons. The zero-order valence-electron chi connectivity index (χ0n) is 13.7. The van der Waals surface area contributed by atoms with Crippen LogP contribution in [0.1, 0.15) is 42.1 Å². The van der Waals surface area contributed by atoms with E-state index < -0.39 is 0 Å². The highest BCUT2D eigenvalue weighted by molar-refractivity contribution is 5.97. The maximum absolute atomic E-state index is 12.2. The third kappa shape index (κ3) is 4.67. The van der Waals surface area contributed by atoms with E-state index in [9.17, 15) is 9.59 Å². The number of likely N-dealkylation sites (N-methyl/N-ethyl adjacent to an activating group) is 1. The Morgan fingerprint density at radius 2 is 1.73 bits per heavy atom. The monoisotopic (exact) mass is 302 g/mol. The van der Waals surface area contributed by atoms with Crippen LogP contribution >= 0.6 is 0 Å². The van der Waals surface area contributed by atoms with Gasteiger partial charge in [-0.2, -0.15) is 0 Å². The fourth-order valence-electron chi connectivity index (χ4n) is 2.75. The molecule has 22 heavy (non-hydrogen) atoms. The first kappa shape index (κ1) is 16.7. The largest absolute Gasteiger partial charge is 0.341 e. The third-order valence-electron chi connectivity index (χ3n) is 4.32. The number of ketones is 1. The van der Waals surface area contributed by atoms with Crippen LogP contribution in [-0.4, -0.2) is 54.7 Å². The number of Topliss-reactive ketones (excluding diaryl/α,β-unsaturated/α-hetero) is 1. The highest BCUT2D eigenvalue weighted by Gasteiger charge is 2.18. The molecule has 0 radical (unpaired) electrons. The lowest BCUT2D eigenvalue weighted by Gasteiger charge is -2.20. The first-order valence-electron chi connectivity index (χ1n) is 8.18. The molecule has 0 aromatic heterocycles. The lowest BCUT2D eigenvalue weighted by molar-refractivity contribution is -0.131. The topological polar surface area (TPSA) is 40.6 Å².